The Kier molecular flexibility index (Phi) is 6.26. The molecule has 0 radical (unpaired) electrons. The van der Waals surface area contributed by atoms with Crippen molar-refractivity contribution in [2.24, 2.45) is 11.3 Å². The van der Waals surface area contributed by atoms with Crippen molar-refractivity contribution in [1.29, 1.82) is 0 Å². The summed E-state index contributed by atoms with van der Waals surface area (Å²) < 4.78 is 4.93. The van der Waals surface area contributed by atoms with E-state index >= 15 is 0 Å². The fourth-order valence-electron chi connectivity index (χ4n) is 2.60. The highest BCUT2D eigenvalue weighted by atomic mass is 16.5. The Balaban J connectivity index is 2.47. The normalized spacial score (nSPS) is 27.6. The van der Waals surface area contributed by atoms with Crippen LogP contribution in [0.2, 0.25) is 0 Å². The first-order valence-corrected chi connectivity index (χ1v) is 7.16. The molecule has 1 aliphatic rings. The van der Waals surface area contributed by atoms with Crippen molar-refractivity contribution in [2.45, 2.75) is 45.6 Å². The zero-order valence-corrected chi connectivity index (χ0v) is 12.6. The van der Waals surface area contributed by atoms with Crippen molar-refractivity contribution in [2.75, 3.05) is 20.3 Å². The van der Waals surface area contributed by atoms with Gasteiger partial charge >= 0.3 is 12.0 Å². The molecule has 0 aromatic heterocycles. The summed E-state index contributed by atoms with van der Waals surface area (Å²) >= 11 is 0. The van der Waals surface area contributed by atoms with Gasteiger partial charge in [0, 0.05) is 13.7 Å². The summed E-state index contributed by atoms with van der Waals surface area (Å²) in [6.45, 7) is 4.58. The third kappa shape index (κ3) is 4.67. The zero-order valence-electron chi connectivity index (χ0n) is 12.6. The lowest BCUT2D eigenvalue weighted by Gasteiger charge is -2.35. The molecule has 1 atom stereocenters. The topological polar surface area (TPSA) is 87.7 Å². The van der Waals surface area contributed by atoms with Crippen molar-refractivity contribution in [3.8, 4) is 0 Å². The molecule has 116 valence electrons. The molecule has 1 saturated carbocycles. The van der Waals surface area contributed by atoms with Gasteiger partial charge in [-0.3, -0.25) is 4.79 Å². The van der Waals surface area contributed by atoms with Gasteiger partial charge in [0.1, 0.15) is 0 Å². The van der Waals surface area contributed by atoms with Crippen molar-refractivity contribution >= 4 is 12.0 Å². The van der Waals surface area contributed by atoms with Crippen molar-refractivity contribution in [1.82, 2.24) is 10.6 Å². The van der Waals surface area contributed by atoms with E-state index in [9.17, 15) is 14.7 Å². The monoisotopic (exact) mass is 286 g/mol. The number of amides is 2. The second-order valence-corrected chi connectivity index (χ2v) is 5.95. The van der Waals surface area contributed by atoms with Crippen LogP contribution in [-0.4, -0.2) is 43.4 Å². The minimum atomic E-state index is -0.811. The van der Waals surface area contributed by atoms with E-state index in [2.05, 4.69) is 17.6 Å². The molecule has 1 rings (SSSR count). The van der Waals surface area contributed by atoms with E-state index in [1.54, 1.807) is 7.11 Å². The van der Waals surface area contributed by atoms with Crippen LogP contribution in [0.5, 0.6) is 0 Å². The van der Waals surface area contributed by atoms with Gasteiger partial charge in [-0.1, -0.05) is 6.92 Å². The summed E-state index contributed by atoms with van der Waals surface area (Å²) in [6.07, 6.45) is 3.04. The molecular formula is C14H26N2O4. The smallest absolute Gasteiger partial charge is 0.315 e. The van der Waals surface area contributed by atoms with Crippen LogP contribution in [0.4, 0.5) is 4.79 Å². The number of carboxylic acid groups (broad SMARTS) is 1. The summed E-state index contributed by atoms with van der Waals surface area (Å²) in [6, 6.07) is -0.444. The average molecular weight is 286 g/mol. The highest BCUT2D eigenvalue weighted by Gasteiger charge is 2.41. The van der Waals surface area contributed by atoms with Gasteiger partial charge in [-0.15, -0.1) is 0 Å². The molecule has 20 heavy (non-hydrogen) atoms. The van der Waals surface area contributed by atoms with E-state index in [1.165, 1.54) is 0 Å². The predicted octanol–water partition coefficient (Wildman–Crippen LogP) is 1.60. The summed E-state index contributed by atoms with van der Waals surface area (Å²) in [5, 5.41) is 14.9. The minimum Gasteiger partial charge on any atom is -0.481 e. The van der Waals surface area contributed by atoms with Gasteiger partial charge in [0.05, 0.1) is 18.1 Å². The molecule has 0 saturated heterocycles. The molecule has 1 unspecified atom stereocenters. The number of ether oxygens (including phenoxy) is 1. The quantitative estimate of drug-likeness (QED) is 0.692. The molecule has 6 heteroatoms. The van der Waals surface area contributed by atoms with Gasteiger partial charge in [0.15, 0.2) is 0 Å². The maximum absolute atomic E-state index is 11.7. The standard InChI is InChI=1S/C14H26N2O4/c1-10-4-6-14(7-5-10,12(17)18)9-15-13(19)16-11(2)8-20-3/h10-11H,4-9H2,1-3H3,(H,17,18)(H2,15,16,19). The second kappa shape index (κ2) is 7.47. The van der Waals surface area contributed by atoms with Crippen molar-refractivity contribution in [3.05, 3.63) is 0 Å². The molecule has 1 aliphatic carbocycles. The van der Waals surface area contributed by atoms with E-state index in [4.69, 9.17) is 4.74 Å². The van der Waals surface area contributed by atoms with E-state index in [-0.39, 0.29) is 18.6 Å². The van der Waals surface area contributed by atoms with Crippen LogP contribution >= 0.6 is 0 Å². The van der Waals surface area contributed by atoms with E-state index in [0.29, 0.717) is 25.4 Å². The molecule has 0 aromatic rings. The number of nitrogens with one attached hydrogen (secondary N) is 2. The molecule has 0 bridgehead atoms. The number of carbonyl (C=O) groups is 2. The Morgan fingerprint density at radius 2 is 2.00 bits per heavy atom. The van der Waals surface area contributed by atoms with Crippen LogP contribution in [0, 0.1) is 11.3 Å². The van der Waals surface area contributed by atoms with Gasteiger partial charge in [-0.2, -0.15) is 0 Å². The SMILES string of the molecule is COCC(C)NC(=O)NCC1(C(=O)O)CCC(C)CC1. The largest absolute Gasteiger partial charge is 0.481 e. The van der Waals surface area contributed by atoms with Gasteiger partial charge in [0.2, 0.25) is 0 Å². The van der Waals surface area contributed by atoms with Crippen LogP contribution in [0.15, 0.2) is 0 Å². The van der Waals surface area contributed by atoms with Crippen LogP contribution < -0.4 is 10.6 Å². The first-order chi connectivity index (χ1) is 9.39. The number of methoxy groups -OCH3 is 1. The Hall–Kier alpha value is -1.30. The predicted molar refractivity (Wildman–Crippen MR) is 75.6 cm³/mol. The Morgan fingerprint density at radius 1 is 1.40 bits per heavy atom. The van der Waals surface area contributed by atoms with E-state index in [1.807, 2.05) is 6.92 Å². The second-order valence-electron chi connectivity index (χ2n) is 5.95. The third-order valence-electron chi connectivity index (χ3n) is 4.07. The maximum Gasteiger partial charge on any atom is 0.315 e. The molecule has 0 spiro atoms. The van der Waals surface area contributed by atoms with Gasteiger partial charge < -0.3 is 20.5 Å². The fourth-order valence-corrected chi connectivity index (χ4v) is 2.60. The summed E-state index contributed by atoms with van der Waals surface area (Å²) in [7, 11) is 1.57. The van der Waals surface area contributed by atoms with Gasteiger partial charge in [-0.05, 0) is 38.5 Å². The number of hydrogen-bond acceptors (Lipinski definition) is 3. The molecule has 1 fully saturated rings. The van der Waals surface area contributed by atoms with Crippen molar-refractivity contribution in [3.63, 3.8) is 0 Å². The lowest BCUT2D eigenvalue weighted by molar-refractivity contribution is -0.151. The van der Waals surface area contributed by atoms with Gasteiger partial charge in [-0.25, -0.2) is 4.79 Å². The first kappa shape index (κ1) is 16.8. The van der Waals surface area contributed by atoms with Gasteiger partial charge in [0.25, 0.3) is 0 Å². The Labute approximate surface area is 120 Å². The molecule has 3 N–H and O–H groups in total. The van der Waals surface area contributed by atoms with Crippen LogP contribution in [0.3, 0.4) is 0 Å². The summed E-state index contributed by atoms with van der Waals surface area (Å²) in [5.74, 6) is -0.243. The highest BCUT2D eigenvalue weighted by Crippen LogP contribution is 2.38. The van der Waals surface area contributed by atoms with E-state index in [0.717, 1.165) is 12.8 Å². The van der Waals surface area contributed by atoms with Crippen LogP contribution in [0.1, 0.15) is 39.5 Å². The molecular weight excluding hydrogens is 260 g/mol. The number of carboxylic acids is 1. The number of urea groups is 1. The molecule has 0 aliphatic heterocycles. The lowest BCUT2D eigenvalue weighted by atomic mass is 9.71. The number of hydrogen-bond donors (Lipinski definition) is 3. The molecule has 2 amide bonds. The van der Waals surface area contributed by atoms with Crippen LogP contribution in [-0.2, 0) is 9.53 Å². The number of aliphatic carboxylic acids is 1. The third-order valence-corrected chi connectivity index (χ3v) is 4.07. The zero-order chi connectivity index (χ0) is 15.2. The molecule has 6 nitrogen and oxygen atoms in total. The molecule has 0 heterocycles. The Morgan fingerprint density at radius 3 is 2.50 bits per heavy atom. The number of carbonyl (C=O) groups excluding carboxylic acids is 1. The molecule has 0 aromatic carbocycles. The Bertz CT molecular complexity index is 338. The average Bonchev–Trinajstić information content (AvgIpc) is 2.38. The lowest BCUT2D eigenvalue weighted by Crippen LogP contribution is -2.49. The highest BCUT2D eigenvalue weighted by molar-refractivity contribution is 5.78. The van der Waals surface area contributed by atoms with Crippen molar-refractivity contribution < 1.29 is 19.4 Å². The minimum absolute atomic E-state index is 0.104. The maximum atomic E-state index is 11.7. The van der Waals surface area contributed by atoms with E-state index < -0.39 is 11.4 Å². The fraction of sp³-hybridized carbons (Fsp3) is 0.857. The van der Waals surface area contributed by atoms with Crippen LogP contribution in [0.25, 0.3) is 0 Å². The number of rotatable bonds is 6. The first-order valence-electron chi connectivity index (χ1n) is 7.16. The summed E-state index contributed by atoms with van der Waals surface area (Å²) in [4.78, 5) is 23.3. The summed E-state index contributed by atoms with van der Waals surface area (Å²) in [5.41, 5.74) is -0.811.